The number of nitrogens with one attached hydrogen (secondary N) is 1. The first-order valence-electron chi connectivity index (χ1n) is 7.17. The molecule has 0 spiro atoms. The molecular formula is C16H19Cl2NO2. The van der Waals surface area contributed by atoms with Gasteiger partial charge in [0.15, 0.2) is 6.61 Å². The van der Waals surface area contributed by atoms with E-state index in [-0.39, 0.29) is 12.5 Å². The first kappa shape index (κ1) is 16.2. The smallest absolute Gasteiger partial charge is 0.257 e. The van der Waals surface area contributed by atoms with Gasteiger partial charge in [0, 0.05) is 17.6 Å². The van der Waals surface area contributed by atoms with E-state index >= 15 is 0 Å². The van der Waals surface area contributed by atoms with Gasteiger partial charge in [0.25, 0.3) is 5.91 Å². The van der Waals surface area contributed by atoms with Crippen LogP contribution in [0, 0.1) is 0 Å². The van der Waals surface area contributed by atoms with E-state index in [2.05, 4.69) is 11.4 Å². The molecular weight excluding hydrogens is 309 g/mol. The lowest BCUT2D eigenvalue weighted by Gasteiger charge is -2.13. The van der Waals surface area contributed by atoms with Crippen LogP contribution in [0.3, 0.4) is 0 Å². The second-order valence-corrected chi connectivity index (χ2v) is 5.92. The average molecular weight is 328 g/mol. The van der Waals surface area contributed by atoms with Crippen molar-refractivity contribution in [2.75, 3.05) is 13.2 Å². The van der Waals surface area contributed by atoms with E-state index in [1.807, 2.05) is 0 Å². The van der Waals surface area contributed by atoms with E-state index in [0.717, 1.165) is 12.8 Å². The Bertz CT molecular complexity index is 529. The lowest BCUT2D eigenvalue weighted by molar-refractivity contribution is -0.123. The molecule has 0 saturated carbocycles. The third-order valence-corrected chi connectivity index (χ3v) is 3.95. The predicted octanol–water partition coefficient (Wildman–Crippen LogP) is 4.38. The Hall–Kier alpha value is -1.19. The maximum absolute atomic E-state index is 11.7. The molecule has 0 atom stereocenters. The van der Waals surface area contributed by atoms with Crippen LogP contribution in [-0.4, -0.2) is 19.1 Å². The van der Waals surface area contributed by atoms with Crippen molar-refractivity contribution in [2.45, 2.75) is 32.1 Å². The molecule has 21 heavy (non-hydrogen) atoms. The van der Waals surface area contributed by atoms with Crippen LogP contribution >= 0.6 is 23.2 Å². The number of hydrogen-bond acceptors (Lipinski definition) is 2. The van der Waals surface area contributed by atoms with Gasteiger partial charge in [-0.25, -0.2) is 0 Å². The van der Waals surface area contributed by atoms with Gasteiger partial charge in [-0.1, -0.05) is 34.9 Å². The van der Waals surface area contributed by atoms with Crippen molar-refractivity contribution in [1.29, 1.82) is 0 Å². The minimum atomic E-state index is -0.151. The number of carbonyl (C=O) groups is 1. The SMILES string of the molecule is O=C(COc1cc(Cl)ccc1Cl)NCCC1=CCCCC1. The fourth-order valence-electron chi connectivity index (χ4n) is 2.28. The van der Waals surface area contributed by atoms with Crippen LogP contribution in [0.15, 0.2) is 29.8 Å². The quantitative estimate of drug-likeness (QED) is 0.787. The molecule has 0 aromatic heterocycles. The summed E-state index contributed by atoms with van der Waals surface area (Å²) in [5, 5.41) is 3.82. The molecule has 1 aromatic carbocycles. The highest BCUT2D eigenvalue weighted by atomic mass is 35.5. The maximum Gasteiger partial charge on any atom is 0.257 e. The van der Waals surface area contributed by atoms with Crippen molar-refractivity contribution in [2.24, 2.45) is 0 Å². The van der Waals surface area contributed by atoms with Crippen LogP contribution in [0.4, 0.5) is 0 Å². The summed E-state index contributed by atoms with van der Waals surface area (Å²) in [5.41, 5.74) is 1.44. The van der Waals surface area contributed by atoms with Crippen molar-refractivity contribution in [3.05, 3.63) is 39.9 Å². The fourth-order valence-corrected chi connectivity index (χ4v) is 2.61. The van der Waals surface area contributed by atoms with Crippen LogP contribution in [0.25, 0.3) is 0 Å². The topological polar surface area (TPSA) is 38.3 Å². The Morgan fingerprint density at radius 3 is 2.90 bits per heavy atom. The molecule has 1 aromatic rings. The van der Waals surface area contributed by atoms with Gasteiger partial charge in [0.2, 0.25) is 0 Å². The molecule has 3 nitrogen and oxygen atoms in total. The summed E-state index contributed by atoms with van der Waals surface area (Å²) in [6.45, 7) is 0.594. The Balaban J connectivity index is 1.69. The Morgan fingerprint density at radius 1 is 1.29 bits per heavy atom. The molecule has 1 amide bonds. The van der Waals surface area contributed by atoms with Gasteiger partial charge >= 0.3 is 0 Å². The van der Waals surface area contributed by atoms with E-state index in [0.29, 0.717) is 22.3 Å². The van der Waals surface area contributed by atoms with Gasteiger partial charge in [-0.2, -0.15) is 0 Å². The zero-order valence-corrected chi connectivity index (χ0v) is 13.3. The van der Waals surface area contributed by atoms with E-state index < -0.39 is 0 Å². The summed E-state index contributed by atoms with van der Waals surface area (Å²) < 4.78 is 5.38. The van der Waals surface area contributed by atoms with Crippen LogP contribution in [0.2, 0.25) is 10.0 Å². The first-order valence-corrected chi connectivity index (χ1v) is 7.93. The summed E-state index contributed by atoms with van der Waals surface area (Å²) in [6, 6.07) is 4.92. The molecule has 0 radical (unpaired) electrons. The number of carbonyl (C=O) groups excluding carboxylic acids is 1. The lowest BCUT2D eigenvalue weighted by atomic mass is 9.97. The molecule has 0 bridgehead atoms. The van der Waals surface area contributed by atoms with Crippen molar-refractivity contribution >= 4 is 29.1 Å². The third kappa shape index (κ3) is 5.60. The summed E-state index contributed by atoms with van der Waals surface area (Å²) in [5.74, 6) is 0.275. The molecule has 0 saturated heterocycles. The predicted molar refractivity (Wildman–Crippen MR) is 86.1 cm³/mol. The van der Waals surface area contributed by atoms with E-state index in [1.165, 1.54) is 24.8 Å². The number of allylic oxidation sites excluding steroid dienone is 1. The molecule has 1 N–H and O–H groups in total. The molecule has 0 fully saturated rings. The highest BCUT2D eigenvalue weighted by Crippen LogP contribution is 2.27. The third-order valence-electron chi connectivity index (χ3n) is 3.41. The standard InChI is InChI=1S/C16H19Cl2NO2/c17-13-6-7-14(18)15(10-13)21-11-16(20)19-9-8-12-4-2-1-3-5-12/h4,6-7,10H,1-3,5,8-9,11H2,(H,19,20). The summed E-state index contributed by atoms with van der Waals surface area (Å²) >= 11 is 11.8. The first-order chi connectivity index (χ1) is 10.1. The van der Waals surface area contributed by atoms with Crippen LogP contribution in [0.1, 0.15) is 32.1 Å². The molecule has 0 aliphatic heterocycles. The van der Waals surface area contributed by atoms with Crippen LogP contribution in [-0.2, 0) is 4.79 Å². The number of rotatable bonds is 6. The highest BCUT2D eigenvalue weighted by molar-refractivity contribution is 6.34. The second kappa shape index (κ2) is 8.30. The van der Waals surface area contributed by atoms with Gasteiger partial charge in [-0.05, 0) is 44.2 Å². The second-order valence-electron chi connectivity index (χ2n) is 5.07. The van der Waals surface area contributed by atoms with Crippen molar-refractivity contribution in [3.8, 4) is 5.75 Å². The Morgan fingerprint density at radius 2 is 2.14 bits per heavy atom. The summed E-state index contributed by atoms with van der Waals surface area (Å²) in [7, 11) is 0. The Kier molecular flexibility index (Phi) is 6.40. The molecule has 0 unspecified atom stereocenters. The number of benzene rings is 1. The minimum absolute atomic E-state index is 0.0564. The van der Waals surface area contributed by atoms with E-state index in [4.69, 9.17) is 27.9 Å². The molecule has 114 valence electrons. The summed E-state index contributed by atoms with van der Waals surface area (Å²) in [6.07, 6.45) is 8.08. The minimum Gasteiger partial charge on any atom is -0.482 e. The van der Waals surface area contributed by atoms with Crippen LogP contribution in [0.5, 0.6) is 5.75 Å². The zero-order valence-electron chi connectivity index (χ0n) is 11.8. The largest absolute Gasteiger partial charge is 0.482 e. The monoisotopic (exact) mass is 327 g/mol. The number of amides is 1. The molecule has 1 aliphatic carbocycles. The van der Waals surface area contributed by atoms with E-state index in [1.54, 1.807) is 18.2 Å². The molecule has 1 aliphatic rings. The van der Waals surface area contributed by atoms with Gasteiger partial charge in [-0.3, -0.25) is 4.79 Å². The Labute approximate surface area is 135 Å². The summed E-state index contributed by atoms with van der Waals surface area (Å²) in [4.78, 5) is 11.7. The maximum atomic E-state index is 11.7. The molecule has 5 heteroatoms. The zero-order chi connectivity index (χ0) is 15.1. The van der Waals surface area contributed by atoms with Crippen molar-refractivity contribution < 1.29 is 9.53 Å². The molecule has 2 rings (SSSR count). The number of hydrogen-bond donors (Lipinski definition) is 1. The number of ether oxygens (including phenoxy) is 1. The van der Waals surface area contributed by atoms with Crippen LogP contribution < -0.4 is 10.1 Å². The normalized spacial score (nSPS) is 14.5. The van der Waals surface area contributed by atoms with E-state index in [9.17, 15) is 4.79 Å². The lowest BCUT2D eigenvalue weighted by Crippen LogP contribution is -2.30. The van der Waals surface area contributed by atoms with Gasteiger partial charge in [0.1, 0.15) is 5.75 Å². The number of halogens is 2. The van der Waals surface area contributed by atoms with Gasteiger partial charge in [-0.15, -0.1) is 0 Å². The van der Waals surface area contributed by atoms with Crippen molar-refractivity contribution in [1.82, 2.24) is 5.32 Å². The fraction of sp³-hybridized carbons (Fsp3) is 0.438. The van der Waals surface area contributed by atoms with Crippen molar-refractivity contribution in [3.63, 3.8) is 0 Å². The highest BCUT2D eigenvalue weighted by Gasteiger charge is 2.08. The van der Waals surface area contributed by atoms with Gasteiger partial charge < -0.3 is 10.1 Å². The average Bonchev–Trinajstić information content (AvgIpc) is 2.49. The van der Waals surface area contributed by atoms with Gasteiger partial charge in [0.05, 0.1) is 5.02 Å². The molecule has 0 heterocycles.